The highest BCUT2D eigenvalue weighted by Crippen LogP contribution is 2.27. The second kappa shape index (κ2) is 4.85. The molecular weight excluding hydrogens is 282 g/mol. The van der Waals surface area contributed by atoms with Crippen molar-refractivity contribution < 1.29 is 9.53 Å². The summed E-state index contributed by atoms with van der Waals surface area (Å²) < 4.78 is 5.19. The Labute approximate surface area is 108 Å². The molecular formula is C13H12BrNO2. The van der Waals surface area contributed by atoms with E-state index in [1.807, 2.05) is 24.3 Å². The first kappa shape index (κ1) is 12.1. The summed E-state index contributed by atoms with van der Waals surface area (Å²) >= 11 is 3.41. The van der Waals surface area contributed by atoms with Crippen molar-refractivity contribution in [1.82, 2.24) is 0 Å². The minimum Gasteiger partial charge on any atom is -0.366 e. The molecule has 0 heterocycles. The maximum Gasteiger partial charge on any atom is 0.248 e. The SMILES string of the molecule is COC(Br)c1ccc2cc(C(N)=O)ccc2c1. The minimum absolute atomic E-state index is 0.122. The Morgan fingerprint density at radius 1 is 1.24 bits per heavy atom. The van der Waals surface area contributed by atoms with Crippen LogP contribution >= 0.6 is 15.9 Å². The van der Waals surface area contributed by atoms with Crippen LogP contribution in [0.1, 0.15) is 20.9 Å². The highest BCUT2D eigenvalue weighted by molar-refractivity contribution is 9.09. The van der Waals surface area contributed by atoms with Gasteiger partial charge < -0.3 is 10.5 Å². The molecule has 17 heavy (non-hydrogen) atoms. The zero-order chi connectivity index (χ0) is 12.4. The Balaban J connectivity index is 2.50. The standard InChI is InChI=1S/C13H12BrNO2/c1-17-12(14)10-4-2-9-7-11(13(15)16)5-3-8(9)6-10/h2-7,12H,1H3,(H2,15,16). The number of benzene rings is 2. The van der Waals surface area contributed by atoms with Crippen LogP contribution in [-0.4, -0.2) is 13.0 Å². The summed E-state index contributed by atoms with van der Waals surface area (Å²) in [7, 11) is 1.64. The van der Waals surface area contributed by atoms with E-state index < -0.39 is 5.91 Å². The van der Waals surface area contributed by atoms with Gasteiger partial charge in [0, 0.05) is 12.7 Å². The van der Waals surface area contributed by atoms with Crippen molar-refractivity contribution in [2.45, 2.75) is 5.01 Å². The number of hydrogen-bond donors (Lipinski definition) is 1. The van der Waals surface area contributed by atoms with Crippen molar-refractivity contribution in [2.24, 2.45) is 5.73 Å². The maximum atomic E-state index is 11.1. The third-order valence-corrected chi connectivity index (χ3v) is 3.52. The largest absolute Gasteiger partial charge is 0.366 e. The number of carbonyl (C=O) groups excluding carboxylic acids is 1. The van der Waals surface area contributed by atoms with E-state index in [0.29, 0.717) is 5.56 Å². The maximum absolute atomic E-state index is 11.1. The molecule has 88 valence electrons. The topological polar surface area (TPSA) is 52.3 Å². The fourth-order valence-electron chi connectivity index (χ4n) is 1.69. The lowest BCUT2D eigenvalue weighted by Crippen LogP contribution is -2.10. The lowest BCUT2D eigenvalue weighted by Gasteiger charge is -2.09. The van der Waals surface area contributed by atoms with E-state index in [1.165, 1.54) is 0 Å². The van der Waals surface area contributed by atoms with E-state index in [-0.39, 0.29) is 5.01 Å². The number of methoxy groups -OCH3 is 1. The van der Waals surface area contributed by atoms with Crippen molar-refractivity contribution in [3.05, 3.63) is 47.5 Å². The second-order valence-corrected chi connectivity index (χ2v) is 4.57. The van der Waals surface area contributed by atoms with E-state index in [4.69, 9.17) is 10.5 Å². The molecule has 1 unspecified atom stereocenters. The number of halogens is 1. The molecule has 0 aliphatic rings. The van der Waals surface area contributed by atoms with Gasteiger partial charge >= 0.3 is 0 Å². The predicted octanol–water partition coefficient (Wildman–Crippen LogP) is 2.98. The second-order valence-electron chi connectivity index (χ2n) is 3.74. The van der Waals surface area contributed by atoms with E-state index in [0.717, 1.165) is 16.3 Å². The molecule has 0 spiro atoms. The fraction of sp³-hybridized carbons (Fsp3) is 0.154. The van der Waals surface area contributed by atoms with Crippen LogP contribution < -0.4 is 5.73 Å². The fourth-order valence-corrected chi connectivity index (χ4v) is 1.98. The summed E-state index contributed by atoms with van der Waals surface area (Å²) in [5.41, 5.74) is 6.79. The highest BCUT2D eigenvalue weighted by atomic mass is 79.9. The van der Waals surface area contributed by atoms with Crippen molar-refractivity contribution >= 4 is 32.6 Å². The van der Waals surface area contributed by atoms with Gasteiger partial charge in [-0.25, -0.2) is 0 Å². The molecule has 0 aliphatic carbocycles. The van der Waals surface area contributed by atoms with Crippen LogP contribution in [0.25, 0.3) is 10.8 Å². The summed E-state index contributed by atoms with van der Waals surface area (Å²) in [6, 6.07) is 11.3. The number of fused-ring (bicyclic) bond motifs is 1. The molecule has 0 saturated heterocycles. The normalized spacial score (nSPS) is 12.6. The molecule has 3 nitrogen and oxygen atoms in total. The van der Waals surface area contributed by atoms with Crippen molar-refractivity contribution in [1.29, 1.82) is 0 Å². The van der Waals surface area contributed by atoms with Gasteiger partial charge in [-0.05, 0) is 34.5 Å². The lowest BCUT2D eigenvalue weighted by atomic mass is 10.0. The quantitative estimate of drug-likeness (QED) is 0.885. The van der Waals surface area contributed by atoms with Gasteiger partial charge in [-0.2, -0.15) is 0 Å². The average Bonchev–Trinajstić information content (AvgIpc) is 2.36. The Bertz CT molecular complexity index is 568. The van der Waals surface area contributed by atoms with Crippen LogP contribution in [-0.2, 0) is 4.74 Å². The zero-order valence-corrected chi connectivity index (χ0v) is 10.9. The van der Waals surface area contributed by atoms with Gasteiger partial charge in [0.25, 0.3) is 0 Å². The van der Waals surface area contributed by atoms with Crippen molar-refractivity contribution in [2.75, 3.05) is 7.11 Å². The molecule has 1 amide bonds. The molecule has 2 aromatic rings. The van der Waals surface area contributed by atoms with Gasteiger partial charge in [0.1, 0.15) is 5.01 Å². The summed E-state index contributed by atoms with van der Waals surface area (Å²) in [6.07, 6.45) is 0. The number of nitrogens with two attached hydrogens (primary N) is 1. The van der Waals surface area contributed by atoms with Gasteiger partial charge in [-0.15, -0.1) is 0 Å². The van der Waals surface area contributed by atoms with E-state index in [9.17, 15) is 4.79 Å². The van der Waals surface area contributed by atoms with E-state index in [2.05, 4.69) is 15.9 Å². The molecule has 0 aliphatic heterocycles. The minimum atomic E-state index is -0.411. The number of primary amides is 1. The zero-order valence-electron chi connectivity index (χ0n) is 9.31. The summed E-state index contributed by atoms with van der Waals surface area (Å²) in [5.74, 6) is -0.411. The molecule has 0 aromatic heterocycles. The lowest BCUT2D eigenvalue weighted by molar-refractivity contribution is 0.100. The molecule has 0 bridgehead atoms. The molecule has 4 heteroatoms. The molecule has 0 saturated carbocycles. The average molecular weight is 294 g/mol. The first-order valence-corrected chi connectivity index (χ1v) is 6.04. The van der Waals surface area contributed by atoms with Crippen LogP contribution in [0.15, 0.2) is 36.4 Å². The van der Waals surface area contributed by atoms with Gasteiger partial charge in [-0.1, -0.05) is 34.1 Å². The van der Waals surface area contributed by atoms with Crippen LogP contribution in [0.2, 0.25) is 0 Å². The first-order valence-electron chi connectivity index (χ1n) is 5.12. The van der Waals surface area contributed by atoms with Gasteiger partial charge in [0.2, 0.25) is 5.91 Å². The van der Waals surface area contributed by atoms with Crippen molar-refractivity contribution in [3.8, 4) is 0 Å². The van der Waals surface area contributed by atoms with Gasteiger partial charge in [0.15, 0.2) is 0 Å². The first-order chi connectivity index (χ1) is 8.11. The van der Waals surface area contributed by atoms with Crippen LogP contribution in [0.3, 0.4) is 0 Å². The number of hydrogen-bond acceptors (Lipinski definition) is 2. The molecule has 2 N–H and O–H groups in total. The summed E-state index contributed by atoms with van der Waals surface area (Å²) in [4.78, 5) is 11.1. The number of carbonyl (C=O) groups is 1. The third kappa shape index (κ3) is 2.48. The molecule has 0 fully saturated rings. The molecule has 2 aromatic carbocycles. The van der Waals surface area contributed by atoms with Gasteiger partial charge in [0.05, 0.1) is 0 Å². The van der Waals surface area contributed by atoms with Crippen LogP contribution in [0.5, 0.6) is 0 Å². The molecule has 0 radical (unpaired) electrons. The molecule has 1 atom stereocenters. The predicted molar refractivity (Wildman–Crippen MR) is 71.1 cm³/mol. The van der Waals surface area contributed by atoms with E-state index >= 15 is 0 Å². The van der Waals surface area contributed by atoms with Crippen LogP contribution in [0, 0.1) is 0 Å². The molecule has 2 rings (SSSR count). The van der Waals surface area contributed by atoms with Gasteiger partial charge in [-0.3, -0.25) is 4.79 Å². The smallest absolute Gasteiger partial charge is 0.248 e. The summed E-state index contributed by atoms with van der Waals surface area (Å²) in [5, 5.41) is 1.91. The Morgan fingerprint density at radius 3 is 2.53 bits per heavy atom. The van der Waals surface area contributed by atoms with E-state index in [1.54, 1.807) is 19.2 Å². The number of ether oxygens (including phenoxy) is 1. The van der Waals surface area contributed by atoms with Crippen molar-refractivity contribution in [3.63, 3.8) is 0 Å². The Kier molecular flexibility index (Phi) is 3.45. The highest BCUT2D eigenvalue weighted by Gasteiger charge is 2.07. The summed E-state index contributed by atoms with van der Waals surface area (Å²) in [6.45, 7) is 0. The Morgan fingerprint density at radius 2 is 1.88 bits per heavy atom. The number of rotatable bonds is 3. The Hall–Kier alpha value is -1.39. The number of alkyl halides is 1. The third-order valence-electron chi connectivity index (χ3n) is 2.62. The monoisotopic (exact) mass is 293 g/mol. The van der Waals surface area contributed by atoms with Crippen LogP contribution in [0.4, 0.5) is 0 Å². The number of amides is 1.